The van der Waals surface area contributed by atoms with Crippen molar-refractivity contribution in [3.63, 3.8) is 0 Å². The molecule has 3 aromatic rings. The van der Waals surface area contributed by atoms with Gasteiger partial charge < -0.3 is 4.90 Å². The Hall–Kier alpha value is -2.48. The summed E-state index contributed by atoms with van der Waals surface area (Å²) in [6.07, 6.45) is 5.29. The molecule has 0 saturated carbocycles. The third-order valence-corrected chi connectivity index (χ3v) is 5.65. The lowest BCUT2D eigenvalue weighted by Gasteiger charge is -2.33. The minimum atomic E-state index is -0.104. The molecule has 4 rings (SSSR count). The van der Waals surface area contributed by atoms with Crippen LogP contribution in [0, 0.1) is 0 Å². The zero-order valence-corrected chi connectivity index (χ0v) is 14.8. The Kier molecular flexibility index (Phi) is 4.12. The molecule has 1 aliphatic rings. The maximum atomic E-state index is 12.7. The summed E-state index contributed by atoms with van der Waals surface area (Å²) in [6, 6.07) is 3.89. The van der Waals surface area contributed by atoms with Crippen LogP contribution in [0.3, 0.4) is 0 Å². The Morgan fingerprint density at radius 2 is 2.32 bits per heavy atom. The number of hydrogen-bond acceptors (Lipinski definition) is 5. The summed E-state index contributed by atoms with van der Waals surface area (Å²) in [7, 11) is 1.73. The smallest absolute Gasteiger partial charge is 0.330 e. The summed E-state index contributed by atoms with van der Waals surface area (Å²) in [5.41, 5.74) is 1.25. The second kappa shape index (κ2) is 6.44. The van der Waals surface area contributed by atoms with E-state index in [9.17, 15) is 9.59 Å². The van der Waals surface area contributed by atoms with Gasteiger partial charge in [0, 0.05) is 25.0 Å². The van der Waals surface area contributed by atoms with Crippen molar-refractivity contribution in [1.29, 1.82) is 0 Å². The number of aromatic nitrogens is 4. The number of aryl methyl sites for hydroxylation is 1. The zero-order chi connectivity index (χ0) is 17.4. The van der Waals surface area contributed by atoms with Gasteiger partial charge >= 0.3 is 5.69 Å². The largest absolute Gasteiger partial charge is 0.340 e. The van der Waals surface area contributed by atoms with Crippen molar-refractivity contribution >= 4 is 28.4 Å². The summed E-state index contributed by atoms with van der Waals surface area (Å²) >= 11 is 1.60. The second-order valence-electron chi connectivity index (χ2n) is 6.34. The number of hydrogen-bond donors (Lipinski definition) is 0. The van der Waals surface area contributed by atoms with E-state index in [1.54, 1.807) is 33.7 Å². The summed E-state index contributed by atoms with van der Waals surface area (Å²) in [6.45, 7) is 1.29. The predicted molar refractivity (Wildman–Crippen MR) is 95.6 cm³/mol. The first-order valence-corrected chi connectivity index (χ1v) is 9.20. The predicted octanol–water partition coefficient (Wildman–Crippen LogP) is 1.60. The average molecular weight is 357 g/mol. The lowest BCUT2D eigenvalue weighted by molar-refractivity contribution is -0.132. The molecule has 4 heterocycles. The van der Waals surface area contributed by atoms with E-state index in [0.29, 0.717) is 18.6 Å². The molecule has 0 bridgehead atoms. The Labute approximate surface area is 148 Å². The molecule has 1 aliphatic heterocycles. The molecule has 1 fully saturated rings. The highest BCUT2D eigenvalue weighted by Gasteiger charge is 2.28. The number of fused-ring (bicyclic) bond motifs is 1. The molecule has 130 valence electrons. The topological polar surface area (TPSA) is 73.0 Å². The van der Waals surface area contributed by atoms with Gasteiger partial charge in [-0.05, 0) is 24.3 Å². The van der Waals surface area contributed by atoms with Gasteiger partial charge in [0.2, 0.25) is 5.91 Å². The minimum Gasteiger partial charge on any atom is -0.340 e. The van der Waals surface area contributed by atoms with Gasteiger partial charge in [-0.1, -0.05) is 6.07 Å². The molecule has 3 aromatic heterocycles. The number of carbonyl (C=O) groups is 1. The zero-order valence-electron chi connectivity index (χ0n) is 14.0. The average Bonchev–Trinajstić information content (AvgIpc) is 3.23. The van der Waals surface area contributed by atoms with Crippen molar-refractivity contribution in [3.05, 3.63) is 45.4 Å². The van der Waals surface area contributed by atoms with Crippen LogP contribution in [0.15, 0.2) is 34.8 Å². The number of thiophene rings is 1. The van der Waals surface area contributed by atoms with E-state index in [2.05, 4.69) is 9.97 Å². The van der Waals surface area contributed by atoms with Crippen LogP contribution in [0.5, 0.6) is 0 Å². The van der Waals surface area contributed by atoms with Crippen LogP contribution >= 0.6 is 11.3 Å². The van der Waals surface area contributed by atoms with Gasteiger partial charge in [-0.3, -0.25) is 13.9 Å². The standard InChI is InChI=1S/C17H19N5O2S/c1-20-14-9-18-11-19-16(14)22(17(20)24)12-4-2-6-21(10-12)15(23)8-13-5-3-7-25-13/h3,5,7,9,11-12H,2,4,6,8,10H2,1H3. The highest BCUT2D eigenvalue weighted by molar-refractivity contribution is 7.10. The van der Waals surface area contributed by atoms with Crippen LogP contribution < -0.4 is 5.69 Å². The number of nitrogens with zero attached hydrogens (tertiary/aromatic N) is 5. The van der Waals surface area contributed by atoms with E-state index >= 15 is 0 Å². The lowest BCUT2D eigenvalue weighted by Crippen LogP contribution is -2.43. The van der Waals surface area contributed by atoms with Crippen LogP contribution in [0.1, 0.15) is 23.8 Å². The molecule has 0 spiro atoms. The second-order valence-corrected chi connectivity index (χ2v) is 7.37. The molecule has 1 saturated heterocycles. The van der Waals surface area contributed by atoms with Gasteiger partial charge in [0.1, 0.15) is 11.8 Å². The fraction of sp³-hybridized carbons (Fsp3) is 0.412. The van der Waals surface area contributed by atoms with Gasteiger partial charge in [-0.25, -0.2) is 14.8 Å². The number of rotatable bonds is 3. The van der Waals surface area contributed by atoms with Crippen molar-refractivity contribution in [1.82, 2.24) is 24.0 Å². The van der Waals surface area contributed by atoms with E-state index in [1.165, 1.54) is 6.33 Å². The van der Waals surface area contributed by atoms with Crippen LogP contribution in [-0.2, 0) is 18.3 Å². The Bertz CT molecular complexity index is 959. The van der Waals surface area contributed by atoms with E-state index < -0.39 is 0 Å². The first-order valence-electron chi connectivity index (χ1n) is 8.32. The molecule has 0 radical (unpaired) electrons. The van der Waals surface area contributed by atoms with Gasteiger partial charge in [-0.15, -0.1) is 11.3 Å². The summed E-state index contributed by atoms with van der Waals surface area (Å²) in [5.74, 6) is 0.120. The molecule has 1 amide bonds. The molecule has 0 aromatic carbocycles. The van der Waals surface area contributed by atoms with E-state index in [0.717, 1.165) is 29.8 Å². The van der Waals surface area contributed by atoms with Crippen molar-refractivity contribution in [2.24, 2.45) is 7.05 Å². The number of imidazole rings is 1. The third kappa shape index (κ3) is 2.86. The molecule has 1 unspecified atom stereocenters. The maximum Gasteiger partial charge on any atom is 0.330 e. The van der Waals surface area contributed by atoms with Crippen molar-refractivity contribution < 1.29 is 4.79 Å². The van der Waals surface area contributed by atoms with Crippen LogP contribution in [-0.4, -0.2) is 43.0 Å². The summed E-state index contributed by atoms with van der Waals surface area (Å²) in [4.78, 5) is 36.5. The molecular formula is C17H19N5O2S. The van der Waals surface area contributed by atoms with Gasteiger partial charge in [0.05, 0.1) is 18.7 Å². The van der Waals surface area contributed by atoms with Crippen LogP contribution in [0.4, 0.5) is 0 Å². The molecule has 7 nitrogen and oxygen atoms in total. The monoisotopic (exact) mass is 357 g/mol. The fourth-order valence-electron chi connectivity index (χ4n) is 3.49. The minimum absolute atomic E-state index is 0.0489. The van der Waals surface area contributed by atoms with Gasteiger partial charge in [0.25, 0.3) is 0 Å². The number of likely N-dealkylation sites (tertiary alicyclic amines) is 1. The molecule has 8 heteroatoms. The van der Waals surface area contributed by atoms with E-state index in [1.807, 2.05) is 22.4 Å². The molecule has 0 aliphatic carbocycles. The van der Waals surface area contributed by atoms with Crippen molar-refractivity contribution in [2.75, 3.05) is 13.1 Å². The summed E-state index contributed by atoms with van der Waals surface area (Å²) < 4.78 is 3.29. The molecular weight excluding hydrogens is 338 g/mol. The normalized spacial score (nSPS) is 18.0. The van der Waals surface area contributed by atoms with Crippen molar-refractivity contribution in [3.8, 4) is 0 Å². The summed E-state index contributed by atoms with van der Waals surface area (Å²) in [5, 5.41) is 1.98. The SMILES string of the molecule is Cn1c(=O)n(C2CCCN(C(=O)Cc3cccs3)C2)c2ncncc21. The highest BCUT2D eigenvalue weighted by atomic mass is 32.1. The van der Waals surface area contributed by atoms with Gasteiger partial charge in [0.15, 0.2) is 5.65 Å². The highest BCUT2D eigenvalue weighted by Crippen LogP contribution is 2.24. The van der Waals surface area contributed by atoms with Crippen LogP contribution in [0.2, 0.25) is 0 Å². The molecule has 1 atom stereocenters. The van der Waals surface area contributed by atoms with E-state index in [-0.39, 0.29) is 17.6 Å². The Morgan fingerprint density at radius 1 is 1.44 bits per heavy atom. The quantitative estimate of drug-likeness (QED) is 0.714. The molecule has 0 N–H and O–H groups in total. The number of amides is 1. The lowest BCUT2D eigenvalue weighted by atomic mass is 10.0. The van der Waals surface area contributed by atoms with Crippen LogP contribution in [0.25, 0.3) is 11.2 Å². The fourth-order valence-corrected chi connectivity index (χ4v) is 4.18. The van der Waals surface area contributed by atoms with Crippen molar-refractivity contribution in [2.45, 2.75) is 25.3 Å². The Morgan fingerprint density at radius 3 is 3.12 bits per heavy atom. The maximum absolute atomic E-state index is 12.7. The van der Waals surface area contributed by atoms with Gasteiger partial charge in [-0.2, -0.15) is 0 Å². The first kappa shape index (κ1) is 16.0. The third-order valence-electron chi connectivity index (χ3n) is 4.78. The Balaban J connectivity index is 1.61. The van der Waals surface area contributed by atoms with E-state index in [4.69, 9.17) is 0 Å². The number of carbonyl (C=O) groups excluding carboxylic acids is 1. The first-order chi connectivity index (χ1) is 12.1. The number of piperidine rings is 1. The molecule has 25 heavy (non-hydrogen) atoms.